The van der Waals surface area contributed by atoms with Gasteiger partial charge < -0.3 is 15.2 Å². The molecule has 98 valence electrons. The molecule has 0 spiro atoms. The second-order valence-corrected chi connectivity index (χ2v) is 5.31. The van der Waals surface area contributed by atoms with E-state index in [1.165, 1.54) is 18.4 Å². The molecule has 2 N–H and O–H groups in total. The molecule has 1 unspecified atom stereocenters. The standard InChI is InChI=1S/C12H15NO4S/c1-17-8-5-10(18-6-8)11(14)13-9(12(15)16)4-7-2-3-7/h5-7,9H,2-4H2,1H3,(H,13,14)(H,15,16). The van der Waals surface area contributed by atoms with E-state index in [-0.39, 0.29) is 5.91 Å². The van der Waals surface area contributed by atoms with Gasteiger partial charge in [0, 0.05) is 11.4 Å². The monoisotopic (exact) mass is 269 g/mol. The number of amides is 1. The summed E-state index contributed by atoms with van der Waals surface area (Å²) in [5.74, 6) is -0.265. The smallest absolute Gasteiger partial charge is 0.326 e. The van der Waals surface area contributed by atoms with Crippen molar-refractivity contribution in [2.45, 2.75) is 25.3 Å². The average Bonchev–Trinajstić information content (AvgIpc) is 3.02. The summed E-state index contributed by atoms with van der Waals surface area (Å²) in [6, 6.07) is 0.814. The van der Waals surface area contributed by atoms with Gasteiger partial charge in [-0.15, -0.1) is 11.3 Å². The fourth-order valence-electron chi connectivity index (χ4n) is 1.68. The largest absolute Gasteiger partial charge is 0.496 e. The second-order valence-electron chi connectivity index (χ2n) is 4.39. The highest BCUT2D eigenvalue weighted by Crippen LogP contribution is 2.33. The van der Waals surface area contributed by atoms with Crippen LogP contribution in [0.4, 0.5) is 0 Å². The molecule has 1 fully saturated rings. The number of thiophene rings is 1. The van der Waals surface area contributed by atoms with Crippen LogP contribution in [0.1, 0.15) is 28.9 Å². The van der Waals surface area contributed by atoms with E-state index in [1.807, 2.05) is 0 Å². The molecule has 1 aliphatic carbocycles. The summed E-state index contributed by atoms with van der Waals surface area (Å²) in [6.45, 7) is 0. The Morgan fingerprint density at radius 1 is 1.61 bits per heavy atom. The van der Waals surface area contributed by atoms with Crippen LogP contribution in [-0.2, 0) is 4.79 Å². The summed E-state index contributed by atoms with van der Waals surface area (Å²) < 4.78 is 4.99. The van der Waals surface area contributed by atoms with Crippen LogP contribution in [-0.4, -0.2) is 30.1 Å². The summed E-state index contributed by atoms with van der Waals surface area (Å²) in [5, 5.41) is 13.3. The maximum Gasteiger partial charge on any atom is 0.326 e. The highest BCUT2D eigenvalue weighted by atomic mass is 32.1. The quantitative estimate of drug-likeness (QED) is 0.824. The van der Waals surface area contributed by atoms with Crippen molar-refractivity contribution in [3.8, 4) is 5.75 Å². The lowest BCUT2D eigenvalue weighted by Crippen LogP contribution is -2.40. The molecule has 1 atom stereocenters. The van der Waals surface area contributed by atoms with Crippen LogP contribution in [0.15, 0.2) is 11.4 Å². The van der Waals surface area contributed by atoms with E-state index in [1.54, 1.807) is 11.4 Å². The van der Waals surface area contributed by atoms with E-state index in [0.29, 0.717) is 23.0 Å². The van der Waals surface area contributed by atoms with Gasteiger partial charge >= 0.3 is 5.97 Å². The normalized spacial score (nSPS) is 16.1. The van der Waals surface area contributed by atoms with E-state index < -0.39 is 12.0 Å². The van der Waals surface area contributed by atoms with Crippen LogP contribution in [0.25, 0.3) is 0 Å². The Morgan fingerprint density at radius 2 is 2.33 bits per heavy atom. The van der Waals surface area contributed by atoms with E-state index in [4.69, 9.17) is 9.84 Å². The molecule has 6 heteroatoms. The van der Waals surface area contributed by atoms with Gasteiger partial charge in [-0.1, -0.05) is 12.8 Å². The first kappa shape index (κ1) is 12.9. The zero-order valence-corrected chi connectivity index (χ0v) is 10.8. The fraction of sp³-hybridized carbons (Fsp3) is 0.500. The van der Waals surface area contributed by atoms with Crippen molar-refractivity contribution in [2.75, 3.05) is 7.11 Å². The molecule has 1 aromatic heterocycles. The average molecular weight is 269 g/mol. The van der Waals surface area contributed by atoms with Gasteiger partial charge in [-0.3, -0.25) is 4.79 Å². The van der Waals surface area contributed by atoms with Gasteiger partial charge in [0.2, 0.25) is 0 Å². The lowest BCUT2D eigenvalue weighted by molar-refractivity contribution is -0.139. The van der Waals surface area contributed by atoms with Crippen molar-refractivity contribution in [1.82, 2.24) is 5.32 Å². The van der Waals surface area contributed by atoms with Crippen LogP contribution in [0.2, 0.25) is 0 Å². The van der Waals surface area contributed by atoms with Crippen LogP contribution in [0, 0.1) is 5.92 Å². The topological polar surface area (TPSA) is 75.6 Å². The molecule has 0 aliphatic heterocycles. The number of ether oxygens (including phenoxy) is 1. The third kappa shape index (κ3) is 3.22. The summed E-state index contributed by atoms with van der Waals surface area (Å²) in [7, 11) is 1.52. The number of hydrogen-bond acceptors (Lipinski definition) is 4. The Hall–Kier alpha value is -1.56. The summed E-state index contributed by atoms with van der Waals surface area (Å²) in [5.41, 5.74) is 0. The zero-order chi connectivity index (χ0) is 13.1. The number of methoxy groups -OCH3 is 1. The Morgan fingerprint density at radius 3 is 2.83 bits per heavy atom. The molecule has 1 aromatic rings. The summed E-state index contributed by atoms with van der Waals surface area (Å²) >= 11 is 1.24. The molecule has 1 amide bonds. The number of nitrogens with one attached hydrogen (secondary N) is 1. The van der Waals surface area contributed by atoms with Crippen LogP contribution in [0.3, 0.4) is 0 Å². The zero-order valence-electron chi connectivity index (χ0n) is 10.0. The second kappa shape index (κ2) is 5.39. The molecular weight excluding hydrogens is 254 g/mol. The lowest BCUT2D eigenvalue weighted by Gasteiger charge is -2.13. The number of rotatable bonds is 6. The molecule has 1 saturated carbocycles. The van der Waals surface area contributed by atoms with Crippen LogP contribution >= 0.6 is 11.3 Å². The van der Waals surface area contributed by atoms with E-state index >= 15 is 0 Å². The Bertz CT molecular complexity index is 453. The molecule has 5 nitrogen and oxygen atoms in total. The van der Waals surface area contributed by atoms with Crippen LogP contribution in [0.5, 0.6) is 5.75 Å². The first-order chi connectivity index (χ1) is 8.60. The Kier molecular flexibility index (Phi) is 3.86. The number of aliphatic carboxylic acids is 1. The van der Waals surface area contributed by atoms with Crippen molar-refractivity contribution in [3.63, 3.8) is 0 Å². The lowest BCUT2D eigenvalue weighted by atomic mass is 10.1. The van der Waals surface area contributed by atoms with Gasteiger partial charge in [0.15, 0.2) is 0 Å². The predicted octanol–water partition coefficient (Wildman–Crippen LogP) is 1.74. The van der Waals surface area contributed by atoms with Gasteiger partial charge in [-0.05, 0) is 12.3 Å². The molecule has 1 heterocycles. The molecule has 0 bridgehead atoms. The number of carboxylic acid groups (broad SMARTS) is 1. The van der Waals surface area contributed by atoms with E-state index in [0.717, 1.165) is 12.8 Å². The van der Waals surface area contributed by atoms with Crippen molar-refractivity contribution in [1.29, 1.82) is 0 Å². The maximum absolute atomic E-state index is 11.9. The van der Waals surface area contributed by atoms with E-state index in [9.17, 15) is 9.59 Å². The van der Waals surface area contributed by atoms with Gasteiger partial charge in [0.1, 0.15) is 11.8 Å². The number of carbonyl (C=O) groups is 2. The van der Waals surface area contributed by atoms with Crippen molar-refractivity contribution in [2.24, 2.45) is 5.92 Å². The minimum atomic E-state index is -0.973. The fourth-order valence-corrected chi connectivity index (χ4v) is 2.44. The highest BCUT2D eigenvalue weighted by molar-refractivity contribution is 7.12. The van der Waals surface area contributed by atoms with Gasteiger partial charge in [0.25, 0.3) is 5.91 Å². The Balaban J connectivity index is 1.96. The third-order valence-corrected chi connectivity index (χ3v) is 3.81. The van der Waals surface area contributed by atoms with Crippen molar-refractivity contribution >= 4 is 23.2 Å². The van der Waals surface area contributed by atoms with Crippen molar-refractivity contribution in [3.05, 3.63) is 16.3 Å². The van der Waals surface area contributed by atoms with Crippen molar-refractivity contribution < 1.29 is 19.4 Å². The molecule has 18 heavy (non-hydrogen) atoms. The summed E-state index contributed by atoms with van der Waals surface area (Å²) in [6.07, 6.45) is 2.64. The van der Waals surface area contributed by atoms with Gasteiger partial charge in [-0.2, -0.15) is 0 Å². The Labute approximate surface area is 109 Å². The van der Waals surface area contributed by atoms with Crippen LogP contribution < -0.4 is 10.1 Å². The predicted molar refractivity (Wildman–Crippen MR) is 67.1 cm³/mol. The van der Waals surface area contributed by atoms with Gasteiger partial charge in [0.05, 0.1) is 12.0 Å². The van der Waals surface area contributed by atoms with E-state index in [2.05, 4.69) is 5.32 Å². The molecular formula is C12H15NO4S. The third-order valence-electron chi connectivity index (χ3n) is 2.90. The highest BCUT2D eigenvalue weighted by Gasteiger charge is 2.30. The molecule has 2 rings (SSSR count). The number of carbonyl (C=O) groups excluding carboxylic acids is 1. The molecule has 1 aliphatic rings. The minimum absolute atomic E-state index is 0.351. The van der Waals surface area contributed by atoms with Gasteiger partial charge in [-0.25, -0.2) is 4.79 Å². The number of hydrogen-bond donors (Lipinski definition) is 2. The first-order valence-electron chi connectivity index (χ1n) is 5.76. The molecule has 0 radical (unpaired) electrons. The summed E-state index contributed by atoms with van der Waals surface area (Å²) in [4.78, 5) is 23.4. The molecule has 0 aromatic carbocycles. The number of carboxylic acids is 1. The first-order valence-corrected chi connectivity index (χ1v) is 6.64. The minimum Gasteiger partial charge on any atom is -0.496 e. The maximum atomic E-state index is 11.9. The molecule has 0 saturated heterocycles. The SMILES string of the molecule is COc1csc(C(=O)NC(CC2CC2)C(=O)O)c1.